The van der Waals surface area contributed by atoms with Crippen LogP contribution in [0.2, 0.25) is 0 Å². The van der Waals surface area contributed by atoms with Crippen LogP contribution >= 0.6 is 11.3 Å². The maximum Gasteiger partial charge on any atom is 0.0878 e. The van der Waals surface area contributed by atoms with Gasteiger partial charge in [-0.15, -0.1) is 11.3 Å². The van der Waals surface area contributed by atoms with Crippen LogP contribution in [0.5, 0.6) is 0 Å². The van der Waals surface area contributed by atoms with Gasteiger partial charge in [0.15, 0.2) is 0 Å². The molecule has 4 aromatic rings. The van der Waals surface area contributed by atoms with Gasteiger partial charge in [0.25, 0.3) is 0 Å². The van der Waals surface area contributed by atoms with E-state index < -0.39 is 0 Å². The van der Waals surface area contributed by atoms with Crippen molar-refractivity contribution >= 4 is 11.3 Å². The van der Waals surface area contributed by atoms with Crippen LogP contribution in [0.15, 0.2) is 60.2 Å². The van der Waals surface area contributed by atoms with Gasteiger partial charge in [0.05, 0.1) is 22.8 Å². The first kappa shape index (κ1) is 17.8. The average molecular weight is 376 g/mol. The molecule has 0 unspecified atom stereocenters. The fourth-order valence-electron chi connectivity index (χ4n) is 3.45. The van der Waals surface area contributed by atoms with E-state index in [9.17, 15) is 0 Å². The summed E-state index contributed by atoms with van der Waals surface area (Å²) < 4.78 is 0. The Morgan fingerprint density at radius 3 is 2.19 bits per heavy atom. The van der Waals surface area contributed by atoms with E-state index in [0.29, 0.717) is 0 Å². The van der Waals surface area contributed by atoms with Gasteiger partial charge >= 0.3 is 0 Å². The summed E-state index contributed by atoms with van der Waals surface area (Å²) in [5, 5.41) is 2.22. The molecule has 3 nitrogen and oxygen atoms in total. The molecule has 0 fully saturated rings. The number of aryl methyl sites for hydroxylation is 1. The van der Waals surface area contributed by atoms with Crippen molar-refractivity contribution in [2.75, 3.05) is 0 Å². The van der Waals surface area contributed by atoms with Gasteiger partial charge in [0.1, 0.15) is 0 Å². The Labute approximate surface area is 164 Å². The van der Waals surface area contributed by atoms with Crippen LogP contribution in [0.1, 0.15) is 38.2 Å². The Balaban J connectivity index is 1.71. The number of hydrogen-bond acceptors (Lipinski definition) is 2. The zero-order valence-corrected chi connectivity index (χ0v) is 16.5. The lowest BCUT2D eigenvalue weighted by molar-refractivity contribution is 0.668. The number of nitrogens with one attached hydrogen (secondary N) is 2. The van der Waals surface area contributed by atoms with Gasteiger partial charge in [-0.2, -0.15) is 0 Å². The first-order chi connectivity index (χ1) is 13.3. The normalized spacial score (nSPS) is 11.1. The van der Waals surface area contributed by atoms with E-state index in [1.807, 2.05) is 35.9 Å². The lowest BCUT2D eigenvalue weighted by Crippen LogP contribution is -1.92. The molecule has 4 aromatic heterocycles. The van der Waals surface area contributed by atoms with E-state index in [1.165, 1.54) is 41.7 Å². The highest BCUT2D eigenvalue weighted by atomic mass is 32.1. The smallest absolute Gasteiger partial charge is 0.0878 e. The quantitative estimate of drug-likeness (QED) is 0.322. The molecule has 0 aromatic carbocycles. The van der Waals surface area contributed by atoms with Crippen molar-refractivity contribution in [1.82, 2.24) is 15.0 Å². The van der Waals surface area contributed by atoms with Gasteiger partial charge in [-0.05, 0) is 71.8 Å². The molecule has 2 N–H and O–H groups in total. The predicted molar refractivity (Wildman–Crippen MR) is 115 cm³/mol. The van der Waals surface area contributed by atoms with Crippen molar-refractivity contribution in [2.24, 2.45) is 0 Å². The summed E-state index contributed by atoms with van der Waals surface area (Å²) in [5.74, 6) is 0. The highest BCUT2D eigenvalue weighted by Crippen LogP contribution is 2.35. The summed E-state index contributed by atoms with van der Waals surface area (Å²) in [6, 6.07) is 14.9. The number of hydrogen-bond donors (Lipinski definition) is 2. The van der Waals surface area contributed by atoms with Crippen molar-refractivity contribution in [3.63, 3.8) is 0 Å². The molecule has 4 heterocycles. The molecule has 0 amide bonds. The van der Waals surface area contributed by atoms with E-state index >= 15 is 0 Å². The van der Waals surface area contributed by atoms with Crippen LogP contribution in [0.25, 0.3) is 33.2 Å². The molecule has 27 heavy (non-hydrogen) atoms. The zero-order valence-electron chi connectivity index (χ0n) is 15.7. The minimum atomic E-state index is 0.979. The lowest BCUT2D eigenvalue weighted by atomic mass is 10.0. The molecule has 0 radical (unpaired) electrons. The molecule has 0 saturated heterocycles. The van der Waals surface area contributed by atoms with E-state index in [1.54, 1.807) is 0 Å². The third-order valence-corrected chi connectivity index (χ3v) is 5.89. The number of rotatable bonds is 8. The topological polar surface area (TPSA) is 44.5 Å². The van der Waals surface area contributed by atoms with Gasteiger partial charge in [-0.3, -0.25) is 0 Å². The zero-order chi connectivity index (χ0) is 18.5. The van der Waals surface area contributed by atoms with Crippen molar-refractivity contribution in [1.29, 1.82) is 0 Å². The van der Waals surface area contributed by atoms with Crippen LogP contribution in [-0.2, 0) is 6.42 Å². The Bertz CT molecular complexity index is 913. The molecule has 138 valence electrons. The minimum Gasteiger partial charge on any atom is -0.360 e. The number of H-pyrrole nitrogens is 2. The molecule has 0 atom stereocenters. The third-order valence-electron chi connectivity index (χ3n) is 4.88. The predicted octanol–water partition coefficient (Wildman–Crippen LogP) is 6.92. The Morgan fingerprint density at radius 1 is 0.889 bits per heavy atom. The van der Waals surface area contributed by atoms with Crippen LogP contribution in [0.4, 0.5) is 0 Å². The highest BCUT2D eigenvalue weighted by molar-refractivity contribution is 7.13. The number of unbranched alkanes of at least 4 members (excludes halogenated alkanes) is 3. The van der Waals surface area contributed by atoms with Crippen molar-refractivity contribution < 1.29 is 0 Å². The van der Waals surface area contributed by atoms with Gasteiger partial charge < -0.3 is 9.97 Å². The van der Waals surface area contributed by atoms with Crippen LogP contribution in [0, 0.1) is 0 Å². The first-order valence-corrected chi connectivity index (χ1v) is 10.6. The molecular weight excluding hydrogens is 350 g/mol. The summed E-state index contributed by atoms with van der Waals surface area (Å²) >= 11 is 1.83. The average Bonchev–Trinajstić information content (AvgIpc) is 3.47. The molecule has 0 aliphatic heterocycles. The van der Waals surface area contributed by atoms with Gasteiger partial charge in [-0.25, -0.2) is 4.98 Å². The number of thiophene rings is 1. The molecule has 0 spiro atoms. The van der Waals surface area contributed by atoms with E-state index in [0.717, 1.165) is 29.2 Å². The second kappa shape index (κ2) is 8.40. The standard InChI is InChI=1S/C23H25N3S/c1-2-3-4-5-8-17-11-14-27-23(17)18-15-21(19-9-6-12-24-19)26-22(16-18)20-10-7-13-25-20/h6-7,9-16,24-25H,2-5,8H2,1H3. The Hall–Kier alpha value is -2.59. The van der Waals surface area contributed by atoms with Gasteiger partial charge in [0, 0.05) is 17.3 Å². The lowest BCUT2D eigenvalue weighted by Gasteiger charge is -2.09. The van der Waals surface area contributed by atoms with Crippen LogP contribution < -0.4 is 0 Å². The first-order valence-electron chi connectivity index (χ1n) is 9.71. The number of pyridine rings is 1. The number of nitrogens with zero attached hydrogens (tertiary/aromatic N) is 1. The van der Waals surface area contributed by atoms with E-state index in [-0.39, 0.29) is 0 Å². The van der Waals surface area contributed by atoms with Crippen molar-refractivity contribution in [2.45, 2.75) is 39.0 Å². The molecule has 4 heteroatoms. The van der Waals surface area contributed by atoms with E-state index in [4.69, 9.17) is 4.98 Å². The van der Waals surface area contributed by atoms with Crippen LogP contribution in [-0.4, -0.2) is 15.0 Å². The summed E-state index contributed by atoms with van der Waals surface area (Å²) in [6.07, 6.45) is 10.2. The third kappa shape index (κ3) is 4.06. The second-order valence-electron chi connectivity index (χ2n) is 6.88. The Morgan fingerprint density at radius 2 is 1.59 bits per heavy atom. The summed E-state index contributed by atoms with van der Waals surface area (Å²) in [6.45, 7) is 2.26. The van der Waals surface area contributed by atoms with Crippen molar-refractivity contribution in [3.05, 3.63) is 65.8 Å². The minimum absolute atomic E-state index is 0.979. The summed E-state index contributed by atoms with van der Waals surface area (Å²) in [5.41, 5.74) is 6.76. The number of aromatic nitrogens is 3. The summed E-state index contributed by atoms with van der Waals surface area (Å²) in [7, 11) is 0. The van der Waals surface area contributed by atoms with E-state index in [2.05, 4.69) is 52.6 Å². The molecule has 0 bridgehead atoms. The fourth-order valence-corrected chi connectivity index (χ4v) is 4.39. The molecule has 4 rings (SSSR count). The van der Waals surface area contributed by atoms with Gasteiger partial charge in [0.2, 0.25) is 0 Å². The highest BCUT2D eigenvalue weighted by Gasteiger charge is 2.13. The molecule has 0 aliphatic carbocycles. The van der Waals surface area contributed by atoms with Crippen molar-refractivity contribution in [3.8, 4) is 33.2 Å². The second-order valence-corrected chi connectivity index (χ2v) is 7.80. The SMILES string of the molecule is CCCCCCc1ccsc1-c1cc(-c2ccc[nH]2)nc(-c2ccc[nH]2)c1. The fraction of sp³-hybridized carbons (Fsp3) is 0.261. The summed E-state index contributed by atoms with van der Waals surface area (Å²) in [4.78, 5) is 12.8. The monoisotopic (exact) mass is 375 g/mol. The number of aromatic amines is 2. The molecule has 0 saturated carbocycles. The molecular formula is C23H25N3S. The maximum absolute atomic E-state index is 4.89. The van der Waals surface area contributed by atoms with Crippen LogP contribution in [0.3, 0.4) is 0 Å². The molecule has 0 aliphatic rings. The maximum atomic E-state index is 4.89. The largest absolute Gasteiger partial charge is 0.360 e. The van der Waals surface area contributed by atoms with Gasteiger partial charge in [-0.1, -0.05) is 26.2 Å². The Kier molecular flexibility index (Phi) is 5.54.